The molecule has 0 atom stereocenters. The topological polar surface area (TPSA) is 37.0 Å². The van der Waals surface area contributed by atoms with Crippen molar-refractivity contribution in [2.45, 2.75) is 20.4 Å². The first-order valence-electron chi connectivity index (χ1n) is 5.47. The number of aromatic amines is 1. The van der Waals surface area contributed by atoms with Crippen molar-refractivity contribution in [1.82, 2.24) is 10.3 Å². The number of ether oxygens (including phenoxy) is 1. The SMILES string of the molecule is CNCc1[nH]c2c(OC)cc(C)cc2c1C. The van der Waals surface area contributed by atoms with Crippen LogP contribution < -0.4 is 10.1 Å². The summed E-state index contributed by atoms with van der Waals surface area (Å²) in [5.41, 5.74) is 4.84. The van der Waals surface area contributed by atoms with Gasteiger partial charge < -0.3 is 15.0 Å². The van der Waals surface area contributed by atoms with E-state index in [1.54, 1.807) is 7.11 Å². The number of nitrogens with one attached hydrogen (secondary N) is 2. The molecule has 3 heteroatoms. The highest BCUT2D eigenvalue weighted by Gasteiger charge is 2.11. The molecular weight excluding hydrogens is 200 g/mol. The van der Waals surface area contributed by atoms with E-state index in [9.17, 15) is 0 Å². The summed E-state index contributed by atoms with van der Waals surface area (Å²) in [4.78, 5) is 3.42. The van der Waals surface area contributed by atoms with Crippen LogP contribution in [-0.4, -0.2) is 19.1 Å². The van der Waals surface area contributed by atoms with E-state index >= 15 is 0 Å². The molecule has 0 aliphatic heterocycles. The van der Waals surface area contributed by atoms with Crippen LogP contribution in [-0.2, 0) is 6.54 Å². The van der Waals surface area contributed by atoms with E-state index in [4.69, 9.17) is 4.74 Å². The van der Waals surface area contributed by atoms with Gasteiger partial charge in [-0.05, 0) is 44.2 Å². The number of rotatable bonds is 3. The lowest BCUT2D eigenvalue weighted by atomic mass is 10.1. The van der Waals surface area contributed by atoms with E-state index in [1.165, 1.54) is 22.2 Å². The third-order valence-electron chi connectivity index (χ3n) is 2.95. The lowest BCUT2D eigenvalue weighted by Crippen LogP contribution is -2.06. The second-order valence-corrected chi connectivity index (χ2v) is 4.15. The summed E-state index contributed by atoms with van der Waals surface area (Å²) in [5.74, 6) is 0.917. The molecule has 16 heavy (non-hydrogen) atoms. The maximum Gasteiger partial charge on any atom is 0.143 e. The third kappa shape index (κ3) is 1.67. The predicted octanol–water partition coefficient (Wildman–Crippen LogP) is 2.51. The molecular formula is C13H18N2O. The van der Waals surface area contributed by atoms with Crippen molar-refractivity contribution in [2.24, 2.45) is 0 Å². The van der Waals surface area contributed by atoms with Crippen molar-refractivity contribution in [1.29, 1.82) is 0 Å². The van der Waals surface area contributed by atoms with Gasteiger partial charge in [-0.25, -0.2) is 0 Å². The van der Waals surface area contributed by atoms with Crippen molar-refractivity contribution >= 4 is 10.9 Å². The number of fused-ring (bicyclic) bond motifs is 1. The van der Waals surface area contributed by atoms with Crippen LogP contribution in [0.3, 0.4) is 0 Å². The summed E-state index contributed by atoms with van der Waals surface area (Å²) < 4.78 is 5.40. The molecule has 2 N–H and O–H groups in total. The van der Waals surface area contributed by atoms with Gasteiger partial charge in [0.15, 0.2) is 0 Å². The molecule has 2 aromatic rings. The average Bonchev–Trinajstić information content (AvgIpc) is 2.57. The second-order valence-electron chi connectivity index (χ2n) is 4.15. The molecule has 1 aromatic carbocycles. The average molecular weight is 218 g/mol. The van der Waals surface area contributed by atoms with Crippen LogP contribution in [0.25, 0.3) is 10.9 Å². The number of aromatic nitrogens is 1. The Kier molecular flexibility index (Phi) is 2.88. The lowest BCUT2D eigenvalue weighted by Gasteiger charge is -2.03. The Hall–Kier alpha value is -1.48. The molecule has 0 spiro atoms. The van der Waals surface area contributed by atoms with Crippen molar-refractivity contribution in [3.05, 3.63) is 29.0 Å². The van der Waals surface area contributed by atoms with Gasteiger partial charge in [-0.1, -0.05) is 0 Å². The van der Waals surface area contributed by atoms with Gasteiger partial charge in [-0.2, -0.15) is 0 Å². The molecule has 0 aliphatic carbocycles. The minimum Gasteiger partial charge on any atom is -0.495 e. The molecule has 0 saturated heterocycles. The molecule has 2 rings (SSSR count). The molecule has 0 fully saturated rings. The van der Waals surface area contributed by atoms with E-state index < -0.39 is 0 Å². The normalized spacial score (nSPS) is 11.0. The van der Waals surface area contributed by atoms with Crippen molar-refractivity contribution in [3.63, 3.8) is 0 Å². The fourth-order valence-electron chi connectivity index (χ4n) is 2.10. The molecule has 0 aliphatic rings. The highest BCUT2D eigenvalue weighted by atomic mass is 16.5. The first-order valence-corrected chi connectivity index (χ1v) is 5.47. The molecule has 86 valence electrons. The Morgan fingerprint density at radius 1 is 1.31 bits per heavy atom. The Bertz CT molecular complexity index is 514. The van der Waals surface area contributed by atoms with Crippen LogP contribution >= 0.6 is 0 Å². The molecule has 0 unspecified atom stereocenters. The van der Waals surface area contributed by atoms with Gasteiger partial charge in [0.25, 0.3) is 0 Å². The predicted molar refractivity (Wildman–Crippen MR) is 67.1 cm³/mol. The number of hydrogen-bond donors (Lipinski definition) is 2. The van der Waals surface area contributed by atoms with Gasteiger partial charge in [0.2, 0.25) is 0 Å². The van der Waals surface area contributed by atoms with E-state index in [0.29, 0.717) is 0 Å². The summed E-state index contributed by atoms with van der Waals surface area (Å²) in [6.45, 7) is 5.08. The number of H-pyrrole nitrogens is 1. The minimum absolute atomic E-state index is 0.850. The van der Waals surface area contributed by atoms with Crippen LogP contribution in [0.4, 0.5) is 0 Å². The fourth-order valence-corrected chi connectivity index (χ4v) is 2.10. The quantitative estimate of drug-likeness (QED) is 0.830. The van der Waals surface area contributed by atoms with Crippen molar-refractivity contribution in [2.75, 3.05) is 14.2 Å². The Morgan fingerprint density at radius 3 is 2.69 bits per heavy atom. The smallest absolute Gasteiger partial charge is 0.143 e. The van der Waals surface area contributed by atoms with Crippen LogP contribution in [0.15, 0.2) is 12.1 Å². The summed E-state index contributed by atoms with van der Waals surface area (Å²) >= 11 is 0. The number of aryl methyl sites for hydroxylation is 2. The van der Waals surface area contributed by atoms with Crippen LogP contribution in [0.2, 0.25) is 0 Å². The summed E-state index contributed by atoms with van der Waals surface area (Å²) in [7, 11) is 3.66. The van der Waals surface area contributed by atoms with Gasteiger partial charge >= 0.3 is 0 Å². The zero-order chi connectivity index (χ0) is 11.7. The van der Waals surface area contributed by atoms with Gasteiger partial charge in [0.1, 0.15) is 5.75 Å². The van der Waals surface area contributed by atoms with E-state index in [1.807, 2.05) is 7.05 Å². The molecule has 0 radical (unpaired) electrons. The van der Waals surface area contributed by atoms with Crippen LogP contribution in [0.1, 0.15) is 16.8 Å². The summed E-state index contributed by atoms with van der Waals surface area (Å²) in [6.07, 6.45) is 0. The van der Waals surface area contributed by atoms with E-state index in [-0.39, 0.29) is 0 Å². The molecule has 1 heterocycles. The van der Waals surface area contributed by atoms with Gasteiger partial charge in [-0.3, -0.25) is 0 Å². The molecule has 0 amide bonds. The number of hydrogen-bond acceptors (Lipinski definition) is 2. The zero-order valence-electron chi connectivity index (χ0n) is 10.3. The standard InChI is InChI=1S/C13H18N2O/c1-8-5-10-9(2)11(7-14-3)15-13(10)12(6-8)16-4/h5-6,14-15H,7H2,1-4H3. The maximum absolute atomic E-state index is 5.40. The Morgan fingerprint density at radius 2 is 2.06 bits per heavy atom. The van der Waals surface area contributed by atoms with Gasteiger partial charge in [0, 0.05) is 17.6 Å². The second kappa shape index (κ2) is 4.18. The number of methoxy groups -OCH3 is 1. The van der Waals surface area contributed by atoms with Crippen molar-refractivity contribution in [3.8, 4) is 5.75 Å². The van der Waals surface area contributed by atoms with Crippen molar-refractivity contribution < 1.29 is 4.74 Å². The molecule has 3 nitrogen and oxygen atoms in total. The lowest BCUT2D eigenvalue weighted by molar-refractivity contribution is 0.418. The first-order chi connectivity index (χ1) is 7.67. The summed E-state index contributed by atoms with van der Waals surface area (Å²) in [5, 5.41) is 4.42. The van der Waals surface area contributed by atoms with E-state index in [2.05, 4.69) is 36.3 Å². The highest BCUT2D eigenvalue weighted by molar-refractivity contribution is 5.90. The molecule has 0 bridgehead atoms. The molecule has 1 aromatic heterocycles. The Labute approximate surface area is 95.8 Å². The zero-order valence-corrected chi connectivity index (χ0v) is 10.3. The Balaban J connectivity index is 2.69. The fraction of sp³-hybridized carbons (Fsp3) is 0.385. The third-order valence-corrected chi connectivity index (χ3v) is 2.95. The van der Waals surface area contributed by atoms with Gasteiger partial charge in [-0.15, -0.1) is 0 Å². The summed E-state index contributed by atoms with van der Waals surface area (Å²) in [6, 6.07) is 4.25. The van der Waals surface area contributed by atoms with Crippen LogP contribution in [0, 0.1) is 13.8 Å². The number of benzene rings is 1. The monoisotopic (exact) mass is 218 g/mol. The van der Waals surface area contributed by atoms with Gasteiger partial charge in [0.05, 0.1) is 12.6 Å². The first kappa shape index (κ1) is 11.0. The molecule has 0 saturated carbocycles. The maximum atomic E-state index is 5.40. The van der Waals surface area contributed by atoms with E-state index in [0.717, 1.165) is 17.8 Å². The highest BCUT2D eigenvalue weighted by Crippen LogP contribution is 2.30. The van der Waals surface area contributed by atoms with Crippen LogP contribution in [0.5, 0.6) is 5.75 Å². The largest absolute Gasteiger partial charge is 0.495 e. The minimum atomic E-state index is 0.850.